The van der Waals surface area contributed by atoms with Crippen LogP contribution in [-0.4, -0.2) is 58.6 Å². The van der Waals surface area contributed by atoms with Gasteiger partial charge in [0.25, 0.3) is 21.8 Å². The molecule has 0 radical (unpaired) electrons. The summed E-state index contributed by atoms with van der Waals surface area (Å²) in [5.74, 6) is -0.898. The predicted octanol–water partition coefficient (Wildman–Crippen LogP) is 2.17. The Labute approximate surface area is 212 Å². The average molecular weight is 532 g/mol. The zero-order valence-corrected chi connectivity index (χ0v) is 21.2. The average Bonchev–Trinajstić information content (AvgIpc) is 3.38. The highest BCUT2D eigenvalue weighted by atomic mass is 32.2. The lowest BCUT2D eigenvalue weighted by molar-refractivity contribution is 0.0844. The molecule has 2 aromatic carbocycles. The summed E-state index contributed by atoms with van der Waals surface area (Å²) in [4.78, 5) is 31.5. The maximum Gasteiger partial charge on any atom is 0.289 e. The largest absolute Gasteiger partial charge is 0.495 e. The van der Waals surface area contributed by atoms with Gasteiger partial charge in [-0.1, -0.05) is 18.2 Å². The molecule has 0 spiro atoms. The summed E-state index contributed by atoms with van der Waals surface area (Å²) in [5, 5.41) is 2.31. The van der Waals surface area contributed by atoms with Crippen molar-refractivity contribution in [3.05, 3.63) is 64.7 Å². The quantitative estimate of drug-likeness (QED) is 0.394. The van der Waals surface area contributed by atoms with Crippen LogP contribution in [0.15, 0.2) is 52.7 Å². The van der Waals surface area contributed by atoms with Gasteiger partial charge in [0.05, 0.1) is 30.9 Å². The van der Waals surface area contributed by atoms with E-state index >= 15 is 0 Å². The minimum absolute atomic E-state index is 0.0884. The summed E-state index contributed by atoms with van der Waals surface area (Å²) in [7, 11) is -2.59. The van der Waals surface area contributed by atoms with Crippen LogP contribution in [-0.2, 0) is 14.8 Å². The fraction of sp³-hybridized carbons (Fsp3) is 0.261. The van der Waals surface area contributed by atoms with Crippen molar-refractivity contribution < 1.29 is 27.5 Å². The van der Waals surface area contributed by atoms with Gasteiger partial charge in [-0.3, -0.25) is 25.2 Å². The number of hydrogen-bond donors (Lipinski definition) is 3. The summed E-state index contributed by atoms with van der Waals surface area (Å²) in [6.45, 7) is 4.24. The van der Waals surface area contributed by atoms with E-state index in [0.29, 0.717) is 42.7 Å². The number of benzene rings is 2. The van der Waals surface area contributed by atoms with E-state index in [1.807, 2.05) is 4.90 Å². The fourth-order valence-corrected chi connectivity index (χ4v) is 5.41. The van der Waals surface area contributed by atoms with Crippen molar-refractivity contribution in [2.24, 2.45) is 0 Å². The molecule has 0 aliphatic carbocycles. The molecule has 3 N–H and O–H groups in total. The lowest BCUT2D eigenvalue weighted by Gasteiger charge is -2.25. The number of hydrogen-bond acceptors (Lipinski definition) is 9. The molecule has 1 aliphatic heterocycles. The molecule has 190 valence electrons. The van der Waals surface area contributed by atoms with Gasteiger partial charge in [0, 0.05) is 24.0 Å². The molecule has 4 rings (SSSR count). The number of para-hydroxylation sites is 2. The minimum atomic E-state index is -4.02. The van der Waals surface area contributed by atoms with Crippen LogP contribution in [0.1, 0.15) is 26.4 Å². The molecule has 13 heteroatoms. The first-order valence-corrected chi connectivity index (χ1v) is 13.3. The Bertz CT molecular complexity index is 1370. The summed E-state index contributed by atoms with van der Waals surface area (Å²) in [6, 6.07) is 10.7. The van der Waals surface area contributed by atoms with Gasteiger partial charge in [-0.25, -0.2) is 13.4 Å². The Morgan fingerprint density at radius 1 is 1.08 bits per heavy atom. The van der Waals surface area contributed by atoms with Gasteiger partial charge in [0.15, 0.2) is 5.13 Å². The van der Waals surface area contributed by atoms with E-state index in [1.54, 1.807) is 36.6 Å². The third kappa shape index (κ3) is 5.75. The topological polar surface area (TPSA) is 139 Å². The summed E-state index contributed by atoms with van der Waals surface area (Å²) >= 11 is 1.33. The molecule has 0 bridgehead atoms. The van der Waals surface area contributed by atoms with Crippen molar-refractivity contribution in [3.8, 4) is 5.75 Å². The molecule has 3 aromatic rings. The molecule has 36 heavy (non-hydrogen) atoms. The number of carbonyl (C=O) groups excluding carboxylic acids is 2. The second-order valence-corrected chi connectivity index (χ2v) is 10.3. The minimum Gasteiger partial charge on any atom is -0.495 e. The first-order valence-electron chi connectivity index (χ1n) is 10.9. The van der Waals surface area contributed by atoms with Crippen LogP contribution < -0.4 is 25.2 Å². The Morgan fingerprint density at radius 3 is 2.56 bits per heavy atom. The van der Waals surface area contributed by atoms with Gasteiger partial charge in [-0.2, -0.15) is 0 Å². The van der Waals surface area contributed by atoms with Crippen molar-refractivity contribution in [3.63, 3.8) is 0 Å². The highest BCUT2D eigenvalue weighted by molar-refractivity contribution is 7.92. The van der Waals surface area contributed by atoms with Crippen LogP contribution >= 0.6 is 11.3 Å². The molecule has 0 saturated carbocycles. The van der Waals surface area contributed by atoms with Crippen LogP contribution in [0.3, 0.4) is 0 Å². The van der Waals surface area contributed by atoms with Crippen molar-refractivity contribution in [2.75, 3.05) is 43.0 Å². The molecule has 0 unspecified atom stereocenters. The number of rotatable bonds is 7. The number of carbonyl (C=O) groups is 2. The zero-order chi connectivity index (χ0) is 25.7. The van der Waals surface area contributed by atoms with Crippen molar-refractivity contribution >= 4 is 44.0 Å². The zero-order valence-electron chi connectivity index (χ0n) is 19.6. The number of hydrazine groups is 1. The SMILES string of the molecule is COc1ccccc1NS(=O)(=O)c1ccc(C)c(C(=O)NNC(=O)c2csc(N3CCOCC3)n2)c1. The number of aryl methyl sites for hydroxylation is 1. The molecule has 1 fully saturated rings. The van der Waals surface area contributed by atoms with Crippen LogP contribution in [0.5, 0.6) is 5.75 Å². The monoisotopic (exact) mass is 531 g/mol. The number of nitrogens with zero attached hydrogens (tertiary/aromatic N) is 2. The van der Waals surface area contributed by atoms with Crippen LogP contribution in [0.4, 0.5) is 10.8 Å². The smallest absolute Gasteiger partial charge is 0.289 e. The molecule has 2 amide bonds. The Hall–Kier alpha value is -3.68. The van der Waals surface area contributed by atoms with Crippen LogP contribution in [0, 0.1) is 6.92 Å². The standard InChI is InChI=1S/C23H25N5O6S2/c1-15-7-8-16(36(31,32)27-18-5-3-4-6-20(18)33-2)13-17(15)21(29)25-26-22(30)19-14-35-23(24-19)28-9-11-34-12-10-28/h3-8,13-14,27H,9-12H2,1-2H3,(H,25,29)(H,26,30). The molecule has 1 saturated heterocycles. The molecular formula is C23H25N5O6S2. The number of morpholine rings is 1. The lowest BCUT2D eigenvalue weighted by atomic mass is 10.1. The Balaban J connectivity index is 1.44. The van der Waals surface area contributed by atoms with E-state index in [0.717, 1.165) is 0 Å². The Morgan fingerprint density at radius 2 is 1.81 bits per heavy atom. The van der Waals surface area contributed by atoms with Crippen LogP contribution in [0.2, 0.25) is 0 Å². The number of thiazole rings is 1. The van der Waals surface area contributed by atoms with E-state index in [-0.39, 0.29) is 21.8 Å². The number of aromatic nitrogens is 1. The maximum absolute atomic E-state index is 13.0. The summed E-state index contributed by atoms with van der Waals surface area (Å²) in [5.41, 5.74) is 5.71. The third-order valence-electron chi connectivity index (χ3n) is 5.41. The Kier molecular flexibility index (Phi) is 7.72. The molecule has 2 heterocycles. The van der Waals surface area contributed by atoms with E-state index in [1.165, 1.54) is 36.6 Å². The predicted molar refractivity (Wildman–Crippen MR) is 135 cm³/mol. The normalized spacial score (nSPS) is 13.7. The number of nitrogens with one attached hydrogen (secondary N) is 3. The lowest BCUT2D eigenvalue weighted by Crippen LogP contribution is -2.42. The van der Waals surface area contributed by atoms with E-state index < -0.39 is 21.8 Å². The molecular weight excluding hydrogens is 506 g/mol. The maximum atomic E-state index is 13.0. The van der Waals surface area contributed by atoms with Gasteiger partial charge in [-0.05, 0) is 36.8 Å². The van der Waals surface area contributed by atoms with Gasteiger partial charge >= 0.3 is 0 Å². The van der Waals surface area contributed by atoms with Gasteiger partial charge in [-0.15, -0.1) is 11.3 Å². The van der Waals surface area contributed by atoms with Gasteiger partial charge in [0.1, 0.15) is 11.4 Å². The first-order chi connectivity index (χ1) is 17.3. The van der Waals surface area contributed by atoms with E-state index in [4.69, 9.17) is 9.47 Å². The van der Waals surface area contributed by atoms with Gasteiger partial charge in [0.2, 0.25) is 0 Å². The number of methoxy groups -OCH3 is 1. The first kappa shape index (κ1) is 25.4. The summed E-state index contributed by atoms with van der Waals surface area (Å²) in [6.07, 6.45) is 0. The van der Waals surface area contributed by atoms with Crippen molar-refractivity contribution in [2.45, 2.75) is 11.8 Å². The molecule has 0 atom stereocenters. The second kappa shape index (κ2) is 10.9. The highest BCUT2D eigenvalue weighted by Gasteiger charge is 2.21. The van der Waals surface area contributed by atoms with Crippen molar-refractivity contribution in [1.82, 2.24) is 15.8 Å². The van der Waals surface area contributed by atoms with E-state index in [2.05, 4.69) is 20.6 Å². The van der Waals surface area contributed by atoms with E-state index in [9.17, 15) is 18.0 Å². The number of anilines is 2. The molecule has 1 aromatic heterocycles. The number of sulfonamides is 1. The highest BCUT2D eigenvalue weighted by Crippen LogP contribution is 2.27. The molecule has 1 aliphatic rings. The van der Waals surface area contributed by atoms with Gasteiger partial charge < -0.3 is 14.4 Å². The molecule has 11 nitrogen and oxygen atoms in total. The second-order valence-electron chi connectivity index (χ2n) is 7.81. The van der Waals surface area contributed by atoms with Crippen LogP contribution in [0.25, 0.3) is 0 Å². The fourth-order valence-electron chi connectivity index (χ4n) is 3.46. The third-order valence-corrected chi connectivity index (χ3v) is 7.68. The number of ether oxygens (including phenoxy) is 2. The van der Waals surface area contributed by atoms with Crippen molar-refractivity contribution in [1.29, 1.82) is 0 Å². The summed E-state index contributed by atoms with van der Waals surface area (Å²) < 4.78 is 38.9. The number of amides is 2.